The lowest BCUT2D eigenvalue weighted by Gasteiger charge is -2.11. The van der Waals surface area contributed by atoms with E-state index < -0.39 is 11.7 Å². The number of halogens is 1. The summed E-state index contributed by atoms with van der Waals surface area (Å²) in [6, 6.07) is 1.36. The molecule has 0 aliphatic carbocycles. The molecule has 3 N–H and O–H groups in total. The average molecular weight is 225 g/mol. The van der Waals surface area contributed by atoms with E-state index in [4.69, 9.17) is 5.73 Å². The van der Waals surface area contributed by atoms with Gasteiger partial charge < -0.3 is 11.1 Å². The minimum atomic E-state index is -0.605. The van der Waals surface area contributed by atoms with Crippen LogP contribution in [-0.2, 0) is 0 Å². The van der Waals surface area contributed by atoms with Gasteiger partial charge in [0.25, 0.3) is 5.91 Å². The molecular formula is C11H16FN3O. The third-order valence-corrected chi connectivity index (χ3v) is 2.29. The number of rotatable bonds is 5. The van der Waals surface area contributed by atoms with E-state index in [0.29, 0.717) is 19.0 Å². The Balaban J connectivity index is 2.50. The van der Waals surface area contributed by atoms with Crippen molar-refractivity contribution in [1.82, 2.24) is 10.3 Å². The highest BCUT2D eigenvalue weighted by Crippen LogP contribution is 2.04. The maximum Gasteiger partial charge on any atom is 0.254 e. The van der Waals surface area contributed by atoms with E-state index in [9.17, 15) is 9.18 Å². The summed E-state index contributed by atoms with van der Waals surface area (Å²) in [5.41, 5.74) is 5.41. The second kappa shape index (κ2) is 6.17. The molecule has 1 heterocycles. The first-order chi connectivity index (χ1) is 7.65. The van der Waals surface area contributed by atoms with Crippen LogP contribution in [-0.4, -0.2) is 24.0 Å². The number of pyridine rings is 1. The highest BCUT2D eigenvalue weighted by atomic mass is 19.1. The Labute approximate surface area is 94.1 Å². The minimum absolute atomic E-state index is 0.0231. The summed E-state index contributed by atoms with van der Waals surface area (Å²) in [6.07, 6.45) is 3.25. The first-order valence-electron chi connectivity index (χ1n) is 5.23. The van der Waals surface area contributed by atoms with E-state index in [1.54, 1.807) is 0 Å². The Morgan fingerprint density at radius 1 is 1.69 bits per heavy atom. The molecule has 5 heteroatoms. The molecule has 1 aromatic rings. The Bertz CT molecular complexity index is 357. The van der Waals surface area contributed by atoms with Gasteiger partial charge in [-0.1, -0.05) is 6.92 Å². The molecule has 0 saturated carbocycles. The first kappa shape index (κ1) is 12.6. The van der Waals surface area contributed by atoms with E-state index in [2.05, 4.69) is 10.3 Å². The normalized spacial score (nSPS) is 12.2. The van der Waals surface area contributed by atoms with Crippen molar-refractivity contribution >= 4 is 5.91 Å². The van der Waals surface area contributed by atoms with E-state index in [-0.39, 0.29) is 5.56 Å². The van der Waals surface area contributed by atoms with Crippen molar-refractivity contribution in [2.45, 2.75) is 13.3 Å². The van der Waals surface area contributed by atoms with Crippen LogP contribution in [0.3, 0.4) is 0 Å². The SMILES string of the molecule is CC(CCN)CNC(=O)c1ccncc1F. The fourth-order valence-corrected chi connectivity index (χ4v) is 1.31. The smallest absolute Gasteiger partial charge is 0.254 e. The zero-order chi connectivity index (χ0) is 12.0. The molecule has 1 aromatic heterocycles. The van der Waals surface area contributed by atoms with Gasteiger partial charge in [0.2, 0.25) is 0 Å². The van der Waals surface area contributed by atoms with Crippen molar-refractivity contribution in [1.29, 1.82) is 0 Å². The molecule has 1 unspecified atom stereocenters. The van der Waals surface area contributed by atoms with Crippen molar-refractivity contribution in [3.05, 3.63) is 29.8 Å². The molecule has 0 fully saturated rings. The monoisotopic (exact) mass is 225 g/mol. The van der Waals surface area contributed by atoms with Crippen LogP contribution in [0.5, 0.6) is 0 Å². The zero-order valence-electron chi connectivity index (χ0n) is 9.24. The van der Waals surface area contributed by atoms with Crippen LogP contribution in [0.1, 0.15) is 23.7 Å². The van der Waals surface area contributed by atoms with Gasteiger partial charge in [-0.3, -0.25) is 9.78 Å². The fraction of sp³-hybridized carbons (Fsp3) is 0.455. The molecular weight excluding hydrogens is 209 g/mol. The lowest BCUT2D eigenvalue weighted by atomic mass is 10.1. The first-order valence-corrected chi connectivity index (χ1v) is 5.23. The Morgan fingerprint density at radius 3 is 3.06 bits per heavy atom. The fourth-order valence-electron chi connectivity index (χ4n) is 1.31. The number of aromatic nitrogens is 1. The average Bonchev–Trinajstić information content (AvgIpc) is 2.27. The van der Waals surface area contributed by atoms with E-state index in [0.717, 1.165) is 12.6 Å². The zero-order valence-corrected chi connectivity index (χ0v) is 9.24. The standard InChI is InChI=1S/C11H16FN3O/c1-8(2-4-13)6-15-11(16)9-3-5-14-7-10(9)12/h3,5,7-8H,2,4,6,13H2,1H3,(H,15,16). The Hall–Kier alpha value is -1.49. The summed E-state index contributed by atoms with van der Waals surface area (Å²) in [6.45, 7) is 3.06. The van der Waals surface area contributed by atoms with Crippen molar-refractivity contribution in [3.63, 3.8) is 0 Å². The second-order valence-electron chi connectivity index (χ2n) is 3.75. The van der Waals surface area contributed by atoms with Crippen molar-refractivity contribution in [2.75, 3.05) is 13.1 Å². The molecule has 4 nitrogen and oxygen atoms in total. The van der Waals surface area contributed by atoms with Gasteiger partial charge in [0.05, 0.1) is 11.8 Å². The van der Waals surface area contributed by atoms with E-state index in [1.807, 2.05) is 6.92 Å². The van der Waals surface area contributed by atoms with Gasteiger partial charge in [0, 0.05) is 12.7 Å². The molecule has 1 atom stereocenters. The van der Waals surface area contributed by atoms with Crippen LogP contribution in [0.25, 0.3) is 0 Å². The highest BCUT2D eigenvalue weighted by Gasteiger charge is 2.11. The van der Waals surface area contributed by atoms with Gasteiger partial charge in [0.15, 0.2) is 5.82 Å². The van der Waals surface area contributed by atoms with Crippen LogP contribution in [0, 0.1) is 11.7 Å². The summed E-state index contributed by atoms with van der Waals surface area (Å²) < 4.78 is 13.2. The van der Waals surface area contributed by atoms with Crippen LogP contribution in [0.4, 0.5) is 4.39 Å². The molecule has 0 saturated heterocycles. The highest BCUT2D eigenvalue weighted by molar-refractivity contribution is 5.94. The third kappa shape index (κ3) is 3.58. The molecule has 1 rings (SSSR count). The number of carbonyl (C=O) groups excluding carboxylic acids is 1. The second-order valence-corrected chi connectivity index (χ2v) is 3.75. The summed E-state index contributed by atoms with van der Waals surface area (Å²) >= 11 is 0. The van der Waals surface area contributed by atoms with Gasteiger partial charge in [0.1, 0.15) is 0 Å². The maximum atomic E-state index is 13.2. The molecule has 0 radical (unpaired) electrons. The molecule has 0 aliphatic heterocycles. The number of nitrogens with two attached hydrogens (primary N) is 1. The van der Waals surface area contributed by atoms with Gasteiger partial charge in [-0.25, -0.2) is 4.39 Å². The summed E-state index contributed by atoms with van der Waals surface area (Å²) in [5, 5.41) is 2.66. The van der Waals surface area contributed by atoms with Crippen molar-refractivity contribution in [2.24, 2.45) is 11.7 Å². The number of amides is 1. The van der Waals surface area contributed by atoms with Crippen LogP contribution < -0.4 is 11.1 Å². The minimum Gasteiger partial charge on any atom is -0.352 e. The number of hydrogen-bond acceptors (Lipinski definition) is 3. The van der Waals surface area contributed by atoms with Crippen LogP contribution >= 0.6 is 0 Å². The topological polar surface area (TPSA) is 68.0 Å². The largest absolute Gasteiger partial charge is 0.352 e. The summed E-state index contributed by atoms with van der Waals surface area (Å²) in [4.78, 5) is 15.1. The van der Waals surface area contributed by atoms with E-state index >= 15 is 0 Å². The van der Waals surface area contributed by atoms with Crippen LogP contribution in [0.15, 0.2) is 18.5 Å². The number of nitrogens with one attached hydrogen (secondary N) is 1. The quantitative estimate of drug-likeness (QED) is 0.783. The lowest BCUT2D eigenvalue weighted by molar-refractivity contribution is 0.0943. The molecule has 0 bridgehead atoms. The van der Waals surface area contributed by atoms with Gasteiger partial charge in [-0.05, 0) is 24.9 Å². The number of hydrogen-bond donors (Lipinski definition) is 2. The molecule has 1 amide bonds. The molecule has 0 spiro atoms. The van der Waals surface area contributed by atoms with Crippen LogP contribution in [0.2, 0.25) is 0 Å². The van der Waals surface area contributed by atoms with Gasteiger partial charge in [-0.2, -0.15) is 0 Å². The van der Waals surface area contributed by atoms with Crippen molar-refractivity contribution in [3.8, 4) is 0 Å². The third-order valence-electron chi connectivity index (χ3n) is 2.29. The maximum absolute atomic E-state index is 13.2. The molecule has 88 valence electrons. The number of nitrogens with zero attached hydrogens (tertiary/aromatic N) is 1. The Kier molecular flexibility index (Phi) is 4.85. The molecule has 0 aromatic carbocycles. The lowest BCUT2D eigenvalue weighted by Crippen LogP contribution is -2.29. The summed E-state index contributed by atoms with van der Waals surface area (Å²) in [5.74, 6) is -0.728. The van der Waals surface area contributed by atoms with Gasteiger partial charge in [-0.15, -0.1) is 0 Å². The number of carbonyl (C=O) groups is 1. The molecule has 16 heavy (non-hydrogen) atoms. The predicted molar refractivity (Wildman–Crippen MR) is 59.4 cm³/mol. The van der Waals surface area contributed by atoms with E-state index in [1.165, 1.54) is 12.3 Å². The Morgan fingerprint density at radius 2 is 2.44 bits per heavy atom. The predicted octanol–water partition coefficient (Wildman–Crippen LogP) is 0.935. The summed E-state index contributed by atoms with van der Waals surface area (Å²) in [7, 11) is 0. The molecule has 0 aliphatic rings. The van der Waals surface area contributed by atoms with Crippen molar-refractivity contribution < 1.29 is 9.18 Å². The van der Waals surface area contributed by atoms with Gasteiger partial charge >= 0.3 is 0 Å².